The van der Waals surface area contributed by atoms with E-state index in [1.165, 1.54) is 29.4 Å². The Labute approximate surface area is 133 Å². The summed E-state index contributed by atoms with van der Waals surface area (Å²) >= 11 is 2.56. The number of benzene rings is 1. The Hall–Kier alpha value is -2.52. The van der Waals surface area contributed by atoms with E-state index >= 15 is 0 Å². The number of nitro groups is 1. The van der Waals surface area contributed by atoms with Gasteiger partial charge < -0.3 is 5.32 Å². The molecule has 0 amide bonds. The molecule has 3 aromatic rings. The van der Waals surface area contributed by atoms with Crippen molar-refractivity contribution in [2.24, 2.45) is 0 Å². The third kappa shape index (κ3) is 3.21. The van der Waals surface area contributed by atoms with Crippen LogP contribution in [-0.4, -0.2) is 19.9 Å². The van der Waals surface area contributed by atoms with Crippen molar-refractivity contribution in [1.82, 2.24) is 15.0 Å². The highest BCUT2D eigenvalue weighted by Gasteiger charge is 2.24. The van der Waals surface area contributed by atoms with Gasteiger partial charge in [-0.15, -0.1) is 11.3 Å². The molecular weight excluding hydrogens is 322 g/mol. The van der Waals surface area contributed by atoms with Crippen molar-refractivity contribution in [3.63, 3.8) is 0 Å². The van der Waals surface area contributed by atoms with E-state index in [-0.39, 0.29) is 16.5 Å². The first-order chi connectivity index (χ1) is 10.7. The number of aromatic nitrogens is 3. The minimum absolute atomic E-state index is 0.133. The fourth-order valence-corrected chi connectivity index (χ4v) is 3.09. The summed E-state index contributed by atoms with van der Waals surface area (Å²) in [5.41, 5.74) is -0.161. The zero-order valence-electron chi connectivity index (χ0n) is 11.0. The van der Waals surface area contributed by atoms with E-state index in [4.69, 9.17) is 0 Å². The first-order valence-electron chi connectivity index (χ1n) is 6.13. The molecule has 2 aromatic heterocycles. The largest absolute Gasteiger partial charge is 0.344 e. The SMILES string of the molecule is O=[N+]([O-])c1c(Nc2nccs2)ncnc1Sc1ccccc1. The van der Waals surface area contributed by atoms with Crippen LogP contribution in [0, 0.1) is 10.1 Å². The molecular formula is C13H9N5O2S2. The maximum absolute atomic E-state index is 11.4. The molecule has 0 unspecified atom stereocenters. The van der Waals surface area contributed by atoms with Gasteiger partial charge in [-0.2, -0.15) is 0 Å². The molecule has 0 atom stereocenters. The molecule has 0 aliphatic heterocycles. The van der Waals surface area contributed by atoms with Crippen molar-refractivity contribution in [2.45, 2.75) is 9.92 Å². The Morgan fingerprint density at radius 2 is 2.00 bits per heavy atom. The summed E-state index contributed by atoms with van der Waals surface area (Å²) in [6, 6.07) is 9.34. The predicted octanol–water partition coefficient (Wildman–Crippen LogP) is 3.74. The second kappa shape index (κ2) is 6.50. The van der Waals surface area contributed by atoms with Gasteiger partial charge in [-0.1, -0.05) is 30.0 Å². The summed E-state index contributed by atoms with van der Waals surface area (Å²) in [5.74, 6) is 0.133. The van der Waals surface area contributed by atoms with Crippen molar-refractivity contribution in [3.05, 3.63) is 58.4 Å². The van der Waals surface area contributed by atoms with Gasteiger partial charge in [0.2, 0.25) is 5.82 Å². The van der Waals surface area contributed by atoms with Crippen LogP contribution >= 0.6 is 23.1 Å². The zero-order chi connectivity index (χ0) is 15.4. The molecule has 2 heterocycles. The Morgan fingerprint density at radius 1 is 1.18 bits per heavy atom. The summed E-state index contributed by atoms with van der Waals surface area (Å²) < 4.78 is 0. The standard InChI is InChI=1S/C13H9N5O2S2/c19-18(20)10-11(17-13-14-6-7-21-13)15-8-16-12(10)22-9-4-2-1-3-5-9/h1-8H,(H,14,15,16,17). The molecule has 1 aromatic carbocycles. The lowest BCUT2D eigenvalue weighted by molar-refractivity contribution is -0.387. The predicted molar refractivity (Wildman–Crippen MR) is 84.6 cm³/mol. The van der Waals surface area contributed by atoms with Crippen molar-refractivity contribution in [2.75, 3.05) is 5.32 Å². The molecule has 1 N–H and O–H groups in total. The molecule has 3 rings (SSSR count). The van der Waals surface area contributed by atoms with Gasteiger partial charge in [0.15, 0.2) is 10.2 Å². The van der Waals surface area contributed by atoms with Crippen LogP contribution in [0.2, 0.25) is 0 Å². The van der Waals surface area contributed by atoms with E-state index in [1.54, 1.807) is 11.6 Å². The summed E-state index contributed by atoms with van der Waals surface area (Å²) in [4.78, 5) is 23.8. The smallest absolute Gasteiger partial charge is 0.310 e. The number of hydrogen-bond donors (Lipinski definition) is 1. The fraction of sp³-hybridized carbons (Fsp3) is 0. The Bertz CT molecular complexity index is 780. The second-order valence-electron chi connectivity index (χ2n) is 4.01. The molecule has 22 heavy (non-hydrogen) atoms. The van der Waals surface area contributed by atoms with Gasteiger partial charge in [0.05, 0.1) is 4.92 Å². The third-order valence-electron chi connectivity index (χ3n) is 2.59. The number of anilines is 2. The second-order valence-corrected chi connectivity index (χ2v) is 5.97. The van der Waals surface area contributed by atoms with Gasteiger partial charge in [-0.3, -0.25) is 10.1 Å². The van der Waals surface area contributed by atoms with Gasteiger partial charge in [-0.25, -0.2) is 15.0 Å². The van der Waals surface area contributed by atoms with Crippen molar-refractivity contribution < 1.29 is 4.92 Å². The lowest BCUT2D eigenvalue weighted by Crippen LogP contribution is -2.02. The van der Waals surface area contributed by atoms with Crippen LogP contribution in [0.25, 0.3) is 0 Å². The highest BCUT2D eigenvalue weighted by atomic mass is 32.2. The van der Waals surface area contributed by atoms with Gasteiger partial charge in [0.25, 0.3) is 0 Å². The molecule has 0 aliphatic rings. The summed E-state index contributed by atoms with van der Waals surface area (Å²) in [7, 11) is 0. The van der Waals surface area contributed by atoms with Crippen LogP contribution in [0.4, 0.5) is 16.6 Å². The Morgan fingerprint density at radius 3 is 2.68 bits per heavy atom. The lowest BCUT2D eigenvalue weighted by Gasteiger charge is -2.06. The average molecular weight is 331 g/mol. The van der Waals surface area contributed by atoms with Gasteiger partial charge in [0, 0.05) is 16.5 Å². The number of hydrogen-bond acceptors (Lipinski definition) is 8. The van der Waals surface area contributed by atoms with Crippen LogP contribution in [0.3, 0.4) is 0 Å². The molecule has 0 saturated carbocycles. The Kier molecular flexibility index (Phi) is 4.26. The number of nitrogens with one attached hydrogen (secondary N) is 1. The van der Waals surface area contributed by atoms with Gasteiger partial charge in [-0.05, 0) is 12.1 Å². The van der Waals surface area contributed by atoms with Crippen LogP contribution in [0.1, 0.15) is 0 Å². The molecule has 0 spiro atoms. The maximum Gasteiger partial charge on any atom is 0.344 e. The van der Waals surface area contributed by atoms with E-state index < -0.39 is 4.92 Å². The van der Waals surface area contributed by atoms with E-state index in [0.717, 1.165) is 4.90 Å². The maximum atomic E-state index is 11.4. The molecule has 0 aliphatic carbocycles. The van der Waals surface area contributed by atoms with Gasteiger partial charge >= 0.3 is 5.69 Å². The van der Waals surface area contributed by atoms with Crippen molar-refractivity contribution >= 4 is 39.7 Å². The van der Waals surface area contributed by atoms with Gasteiger partial charge in [0.1, 0.15) is 6.33 Å². The van der Waals surface area contributed by atoms with Crippen LogP contribution in [0.5, 0.6) is 0 Å². The van der Waals surface area contributed by atoms with E-state index in [1.807, 2.05) is 30.3 Å². The first kappa shape index (κ1) is 14.4. The number of rotatable bonds is 5. The molecule has 9 heteroatoms. The Balaban J connectivity index is 1.97. The summed E-state index contributed by atoms with van der Waals surface area (Å²) in [6.07, 6.45) is 2.91. The quantitative estimate of drug-likeness (QED) is 0.432. The number of thiazole rings is 1. The van der Waals surface area contributed by atoms with Crippen molar-refractivity contribution in [3.8, 4) is 0 Å². The van der Waals surface area contributed by atoms with Crippen LogP contribution < -0.4 is 5.32 Å². The summed E-state index contributed by atoms with van der Waals surface area (Å²) in [5, 5.41) is 16.9. The fourth-order valence-electron chi connectivity index (χ4n) is 1.68. The topological polar surface area (TPSA) is 93.8 Å². The highest BCUT2D eigenvalue weighted by Crippen LogP contribution is 2.37. The molecule has 0 bridgehead atoms. The normalized spacial score (nSPS) is 10.4. The zero-order valence-corrected chi connectivity index (χ0v) is 12.7. The van der Waals surface area contributed by atoms with Crippen molar-refractivity contribution in [1.29, 1.82) is 0 Å². The van der Waals surface area contributed by atoms with E-state index in [9.17, 15) is 10.1 Å². The van der Waals surface area contributed by atoms with Crippen LogP contribution in [0.15, 0.2) is 58.2 Å². The minimum atomic E-state index is -0.485. The van der Waals surface area contributed by atoms with Crippen LogP contribution in [-0.2, 0) is 0 Å². The third-order valence-corrected chi connectivity index (χ3v) is 4.28. The molecule has 0 saturated heterocycles. The highest BCUT2D eigenvalue weighted by molar-refractivity contribution is 7.99. The molecule has 0 fully saturated rings. The summed E-state index contributed by atoms with van der Waals surface area (Å²) in [6.45, 7) is 0. The molecule has 7 nitrogen and oxygen atoms in total. The monoisotopic (exact) mass is 331 g/mol. The lowest BCUT2D eigenvalue weighted by atomic mass is 10.4. The van der Waals surface area contributed by atoms with E-state index in [2.05, 4.69) is 20.3 Å². The minimum Gasteiger partial charge on any atom is -0.310 e. The average Bonchev–Trinajstić information content (AvgIpc) is 3.01. The molecule has 0 radical (unpaired) electrons. The first-order valence-corrected chi connectivity index (χ1v) is 7.82. The number of nitrogens with zero attached hydrogens (tertiary/aromatic N) is 4. The van der Waals surface area contributed by atoms with E-state index in [0.29, 0.717) is 5.13 Å². The molecule has 110 valence electrons.